The van der Waals surface area contributed by atoms with Crippen molar-refractivity contribution in [3.63, 3.8) is 0 Å². The van der Waals surface area contributed by atoms with E-state index >= 15 is 0 Å². The van der Waals surface area contributed by atoms with Gasteiger partial charge in [-0.2, -0.15) is 18.3 Å². The zero-order valence-electron chi connectivity index (χ0n) is 9.69. The first kappa shape index (κ1) is 13.8. The summed E-state index contributed by atoms with van der Waals surface area (Å²) in [5, 5.41) is 13.1. The summed E-state index contributed by atoms with van der Waals surface area (Å²) in [5.41, 5.74) is -1.14. The summed E-state index contributed by atoms with van der Waals surface area (Å²) in [4.78, 5) is 3.88. The number of rotatable bonds is 2. The first-order valence-corrected chi connectivity index (χ1v) is 5.64. The lowest BCUT2D eigenvalue weighted by Crippen LogP contribution is -2.09. The number of halogens is 4. The van der Waals surface area contributed by atoms with Gasteiger partial charge < -0.3 is 5.11 Å². The van der Waals surface area contributed by atoms with Gasteiger partial charge in [0, 0.05) is 6.20 Å². The fraction of sp³-hybridized carbons (Fsp3) is 0.273. The zero-order chi connectivity index (χ0) is 14.2. The Morgan fingerprint density at radius 3 is 2.63 bits per heavy atom. The molecule has 19 heavy (non-hydrogen) atoms. The highest BCUT2D eigenvalue weighted by Gasteiger charge is 2.36. The van der Waals surface area contributed by atoms with Gasteiger partial charge in [-0.05, 0) is 25.1 Å². The highest BCUT2D eigenvalue weighted by molar-refractivity contribution is 6.32. The van der Waals surface area contributed by atoms with Gasteiger partial charge in [-0.3, -0.25) is 0 Å². The first-order valence-electron chi connectivity index (χ1n) is 5.27. The Bertz CT molecular complexity index is 595. The number of pyridine rings is 1. The Hall–Kier alpha value is -1.60. The Morgan fingerprint density at radius 1 is 1.42 bits per heavy atom. The number of aromatic nitrogens is 3. The van der Waals surface area contributed by atoms with Crippen molar-refractivity contribution in [1.82, 2.24) is 14.8 Å². The maximum Gasteiger partial charge on any atom is 0.435 e. The highest BCUT2D eigenvalue weighted by atomic mass is 35.5. The van der Waals surface area contributed by atoms with E-state index in [9.17, 15) is 18.3 Å². The molecular weight excluding hydrogens is 283 g/mol. The van der Waals surface area contributed by atoms with E-state index in [1.54, 1.807) is 6.07 Å². The number of hydrogen-bond donors (Lipinski definition) is 1. The van der Waals surface area contributed by atoms with Gasteiger partial charge in [0.15, 0.2) is 11.5 Å². The molecule has 0 amide bonds. The van der Waals surface area contributed by atoms with Crippen molar-refractivity contribution in [2.75, 3.05) is 0 Å². The molecule has 0 fully saturated rings. The predicted octanol–water partition coefficient (Wildman–Crippen LogP) is 2.99. The molecular formula is C11H9ClF3N3O. The number of hydrogen-bond acceptors (Lipinski definition) is 3. The van der Waals surface area contributed by atoms with Crippen LogP contribution in [0.3, 0.4) is 0 Å². The lowest BCUT2D eigenvalue weighted by Gasteiger charge is -2.09. The lowest BCUT2D eigenvalue weighted by molar-refractivity contribution is -0.141. The average Bonchev–Trinajstić information content (AvgIpc) is 2.74. The van der Waals surface area contributed by atoms with E-state index in [1.807, 2.05) is 0 Å². The van der Waals surface area contributed by atoms with Crippen molar-refractivity contribution >= 4 is 11.6 Å². The van der Waals surface area contributed by atoms with E-state index in [1.165, 1.54) is 19.2 Å². The standard InChI is InChI=1S/C11H9ClF3N3O/c1-6(19)8-5-9(11(13,14)15)17-18(8)10-7(12)3-2-4-16-10/h2-6,19H,1H3/t6-/m1/s1. The molecule has 2 heterocycles. The summed E-state index contributed by atoms with van der Waals surface area (Å²) < 4.78 is 38.8. The molecule has 2 aromatic heterocycles. The number of nitrogens with zero attached hydrogens (tertiary/aromatic N) is 3. The molecule has 0 unspecified atom stereocenters. The van der Waals surface area contributed by atoms with Crippen molar-refractivity contribution < 1.29 is 18.3 Å². The SMILES string of the molecule is C[C@@H](O)c1cc(C(F)(F)F)nn1-c1ncccc1Cl. The van der Waals surface area contributed by atoms with E-state index in [-0.39, 0.29) is 16.5 Å². The predicted molar refractivity (Wildman–Crippen MR) is 62.0 cm³/mol. The molecule has 102 valence electrons. The molecule has 4 nitrogen and oxygen atoms in total. The Kier molecular flexibility index (Phi) is 3.51. The average molecular weight is 292 g/mol. The summed E-state index contributed by atoms with van der Waals surface area (Å²) in [7, 11) is 0. The van der Waals surface area contributed by atoms with Crippen molar-refractivity contribution in [2.45, 2.75) is 19.2 Å². The van der Waals surface area contributed by atoms with Crippen LogP contribution in [0.25, 0.3) is 5.82 Å². The van der Waals surface area contributed by atoms with Gasteiger partial charge in [0.05, 0.1) is 16.8 Å². The molecule has 2 rings (SSSR count). The first-order chi connectivity index (χ1) is 8.80. The molecule has 1 N–H and O–H groups in total. The summed E-state index contributed by atoms with van der Waals surface area (Å²) in [6.07, 6.45) is -4.36. The fourth-order valence-electron chi connectivity index (χ4n) is 1.53. The summed E-state index contributed by atoms with van der Waals surface area (Å²) >= 11 is 5.87. The number of aliphatic hydroxyl groups is 1. The highest BCUT2D eigenvalue weighted by Crippen LogP contribution is 2.31. The minimum Gasteiger partial charge on any atom is -0.387 e. The molecule has 0 bridgehead atoms. The quantitative estimate of drug-likeness (QED) is 0.925. The van der Waals surface area contributed by atoms with Gasteiger partial charge in [-0.25, -0.2) is 9.67 Å². The van der Waals surface area contributed by atoms with Gasteiger partial charge in [-0.1, -0.05) is 11.6 Å². The normalized spacial score (nSPS) is 13.6. The maximum atomic E-state index is 12.7. The number of aliphatic hydroxyl groups excluding tert-OH is 1. The van der Waals surface area contributed by atoms with Crippen molar-refractivity contribution in [3.05, 3.63) is 40.8 Å². The molecule has 0 radical (unpaired) electrons. The third kappa shape index (κ3) is 2.71. The smallest absolute Gasteiger partial charge is 0.387 e. The molecule has 0 aliphatic rings. The molecule has 0 spiro atoms. The topological polar surface area (TPSA) is 50.9 Å². The monoisotopic (exact) mass is 291 g/mol. The lowest BCUT2D eigenvalue weighted by atomic mass is 10.2. The molecule has 0 saturated carbocycles. The fourth-order valence-corrected chi connectivity index (χ4v) is 1.74. The van der Waals surface area contributed by atoms with E-state index < -0.39 is 18.0 Å². The van der Waals surface area contributed by atoms with Gasteiger partial charge in [0.2, 0.25) is 0 Å². The third-order valence-electron chi connectivity index (χ3n) is 2.40. The van der Waals surface area contributed by atoms with Crippen LogP contribution in [0.5, 0.6) is 0 Å². The molecule has 2 aromatic rings. The third-order valence-corrected chi connectivity index (χ3v) is 2.69. The van der Waals surface area contributed by atoms with Crippen LogP contribution < -0.4 is 0 Å². The van der Waals surface area contributed by atoms with Crippen molar-refractivity contribution in [1.29, 1.82) is 0 Å². The maximum absolute atomic E-state index is 12.7. The Labute approximate surface area is 111 Å². The van der Waals surface area contributed by atoms with Gasteiger partial charge >= 0.3 is 6.18 Å². The second-order valence-electron chi connectivity index (χ2n) is 3.85. The second kappa shape index (κ2) is 4.82. The number of alkyl halides is 3. The van der Waals surface area contributed by atoms with Crippen molar-refractivity contribution in [3.8, 4) is 5.82 Å². The van der Waals surface area contributed by atoms with Gasteiger partial charge in [-0.15, -0.1) is 0 Å². The van der Waals surface area contributed by atoms with Gasteiger partial charge in [0.1, 0.15) is 0 Å². The second-order valence-corrected chi connectivity index (χ2v) is 4.26. The summed E-state index contributed by atoms with van der Waals surface area (Å²) in [6.45, 7) is 1.34. The largest absolute Gasteiger partial charge is 0.435 e. The van der Waals surface area contributed by atoms with E-state index in [2.05, 4.69) is 10.1 Å². The molecule has 0 aliphatic carbocycles. The van der Waals surface area contributed by atoms with Crippen LogP contribution >= 0.6 is 11.6 Å². The molecule has 0 saturated heterocycles. The Morgan fingerprint density at radius 2 is 2.11 bits per heavy atom. The van der Waals surface area contributed by atoms with Crippen LogP contribution in [0, 0.1) is 0 Å². The van der Waals surface area contributed by atoms with E-state index in [0.717, 1.165) is 10.7 Å². The minimum absolute atomic E-state index is 0.0343. The van der Waals surface area contributed by atoms with Crippen LogP contribution in [0.15, 0.2) is 24.4 Å². The summed E-state index contributed by atoms with van der Waals surface area (Å²) in [6, 6.07) is 3.79. The van der Waals surface area contributed by atoms with Crippen molar-refractivity contribution in [2.24, 2.45) is 0 Å². The van der Waals surface area contributed by atoms with E-state index in [0.29, 0.717) is 0 Å². The minimum atomic E-state index is -4.60. The van der Waals surface area contributed by atoms with Gasteiger partial charge in [0.25, 0.3) is 0 Å². The van der Waals surface area contributed by atoms with Crippen LogP contribution in [0.4, 0.5) is 13.2 Å². The Balaban J connectivity index is 2.63. The molecule has 0 aromatic carbocycles. The van der Waals surface area contributed by atoms with Crippen LogP contribution in [-0.2, 0) is 6.18 Å². The molecule has 0 aliphatic heterocycles. The van der Waals surface area contributed by atoms with Crippen LogP contribution in [0.1, 0.15) is 24.4 Å². The molecule has 8 heteroatoms. The van der Waals surface area contributed by atoms with Crippen LogP contribution in [0.2, 0.25) is 5.02 Å². The zero-order valence-corrected chi connectivity index (χ0v) is 10.4. The summed E-state index contributed by atoms with van der Waals surface area (Å²) in [5.74, 6) is 0.0376. The molecule has 1 atom stereocenters. The van der Waals surface area contributed by atoms with E-state index in [4.69, 9.17) is 11.6 Å². The van der Waals surface area contributed by atoms with Crippen LogP contribution in [-0.4, -0.2) is 19.9 Å².